The number of carbonyl (C=O) groups excluding carboxylic acids is 1. The number of amides is 2. The smallest absolute Gasteiger partial charge is 0.321 e. The van der Waals surface area contributed by atoms with Crippen LogP contribution >= 0.6 is 11.8 Å². The van der Waals surface area contributed by atoms with Crippen molar-refractivity contribution in [3.63, 3.8) is 0 Å². The molecule has 132 valence electrons. The molecule has 6 heteroatoms. The van der Waals surface area contributed by atoms with Gasteiger partial charge in [-0.15, -0.1) is 0 Å². The number of piperidine rings is 1. The fraction of sp³-hybridized carbons (Fsp3) is 0.368. The molecule has 0 saturated carbocycles. The Kier molecular flexibility index (Phi) is 6.17. The van der Waals surface area contributed by atoms with Crippen LogP contribution in [0.25, 0.3) is 0 Å². The first-order valence-corrected chi connectivity index (χ1v) is 9.87. The SMILES string of the molecule is CSCC1CCCN(C(=O)Nc2ccc(Oc3cccnc3)cc2)C1. The van der Waals surface area contributed by atoms with E-state index in [1.807, 2.05) is 53.1 Å². The largest absolute Gasteiger partial charge is 0.456 e. The minimum atomic E-state index is -0.0215. The highest BCUT2D eigenvalue weighted by molar-refractivity contribution is 7.98. The van der Waals surface area contributed by atoms with Crippen molar-refractivity contribution >= 4 is 23.5 Å². The zero-order valence-electron chi connectivity index (χ0n) is 14.4. The number of rotatable bonds is 5. The molecule has 2 aromatic rings. The van der Waals surface area contributed by atoms with Gasteiger partial charge in [-0.2, -0.15) is 11.8 Å². The fourth-order valence-corrected chi connectivity index (χ4v) is 3.72. The summed E-state index contributed by atoms with van der Waals surface area (Å²) in [4.78, 5) is 18.4. The number of hydrogen-bond donors (Lipinski definition) is 1. The molecule has 1 N–H and O–H groups in total. The molecule has 1 saturated heterocycles. The molecule has 1 fully saturated rings. The zero-order chi connectivity index (χ0) is 17.5. The topological polar surface area (TPSA) is 54.5 Å². The van der Waals surface area contributed by atoms with Crippen LogP contribution in [0, 0.1) is 5.92 Å². The van der Waals surface area contributed by atoms with Gasteiger partial charge in [0.25, 0.3) is 0 Å². The lowest BCUT2D eigenvalue weighted by Gasteiger charge is -2.32. The van der Waals surface area contributed by atoms with Gasteiger partial charge in [0.1, 0.15) is 11.5 Å². The molecule has 0 spiro atoms. The monoisotopic (exact) mass is 357 g/mol. The van der Waals surface area contributed by atoms with Crippen molar-refractivity contribution in [1.29, 1.82) is 0 Å². The Morgan fingerprint density at radius 3 is 2.88 bits per heavy atom. The molecule has 1 aromatic heterocycles. The Labute approximate surface area is 152 Å². The number of aromatic nitrogens is 1. The third kappa shape index (κ3) is 5.13. The number of benzene rings is 1. The lowest BCUT2D eigenvalue weighted by atomic mass is 10.0. The van der Waals surface area contributed by atoms with Crippen molar-refractivity contribution in [3.05, 3.63) is 48.8 Å². The Morgan fingerprint density at radius 1 is 1.32 bits per heavy atom. The van der Waals surface area contributed by atoms with Gasteiger partial charge in [-0.3, -0.25) is 4.98 Å². The van der Waals surface area contributed by atoms with E-state index in [2.05, 4.69) is 16.6 Å². The minimum absolute atomic E-state index is 0.0215. The summed E-state index contributed by atoms with van der Waals surface area (Å²) in [6, 6.07) is 11.0. The molecular weight excluding hydrogens is 334 g/mol. The molecule has 1 aliphatic rings. The number of nitrogens with one attached hydrogen (secondary N) is 1. The number of pyridine rings is 1. The number of urea groups is 1. The van der Waals surface area contributed by atoms with Gasteiger partial charge in [-0.05, 0) is 67.2 Å². The van der Waals surface area contributed by atoms with Gasteiger partial charge in [0.2, 0.25) is 0 Å². The number of likely N-dealkylation sites (tertiary alicyclic amines) is 1. The molecule has 1 aromatic carbocycles. The molecule has 0 aliphatic carbocycles. The van der Waals surface area contributed by atoms with Crippen molar-refractivity contribution in [1.82, 2.24) is 9.88 Å². The maximum Gasteiger partial charge on any atom is 0.321 e. The Balaban J connectivity index is 1.55. The second-order valence-electron chi connectivity index (χ2n) is 6.15. The highest BCUT2D eigenvalue weighted by Gasteiger charge is 2.23. The van der Waals surface area contributed by atoms with Crippen LogP contribution in [0.2, 0.25) is 0 Å². The number of anilines is 1. The highest BCUT2D eigenvalue weighted by Crippen LogP contribution is 2.23. The molecule has 0 bridgehead atoms. The normalized spacial score (nSPS) is 17.2. The molecule has 0 radical (unpaired) electrons. The summed E-state index contributed by atoms with van der Waals surface area (Å²) in [7, 11) is 0. The van der Waals surface area contributed by atoms with Crippen molar-refractivity contribution in [2.24, 2.45) is 5.92 Å². The maximum absolute atomic E-state index is 12.5. The van der Waals surface area contributed by atoms with Crippen LogP contribution in [0.15, 0.2) is 48.8 Å². The summed E-state index contributed by atoms with van der Waals surface area (Å²) in [6.45, 7) is 1.67. The first-order chi connectivity index (χ1) is 12.2. The summed E-state index contributed by atoms with van der Waals surface area (Å²) in [5, 5.41) is 2.98. The Bertz CT molecular complexity index is 677. The van der Waals surface area contributed by atoms with Crippen molar-refractivity contribution < 1.29 is 9.53 Å². The second-order valence-corrected chi connectivity index (χ2v) is 7.07. The number of hydrogen-bond acceptors (Lipinski definition) is 4. The lowest BCUT2D eigenvalue weighted by Crippen LogP contribution is -2.42. The third-order valence-electron chi connectivity index (χ3n) is 4.18. The summed E-state index contributed by atoms with van der Waals surface area (Å²) < 4.78 is 5.71. The van der Waals surface area contributed by atoms with Crippen LogP contribution in [0.4, 0.5) is 10.5 Å². The summed E-state index contributed by atoms with van der Waals surface area (Å²) in [5.41, 5.74) is 0.774. The van der Waals surface area contributed by atoms with Gasteiger partial charge in [0, 0.05) is 25.0 Å². The van der Waals surface area contributed by atoms with Gasteiger partial charge in [0.05, 0.1) is 6.20 Å². The summed E-state index contributed by atoms with van der Waals surface area (Å²) >= 11 is 1.85. The number of ether oxygens (including phenoxy) is 1. The average Bonchev–Trinajstić information content (AvgIpc) is 2.65. The molecule has 2 heterocycles. The zero-order valence-corrected chi connectivity index (χ0v) is 15.2. The van der Waals surface area contributed by atoms with E-state index < -0.39 is 0 Å². The third-order valence-corrected chi connectivity index (χ3v) is 4.99. The van der Waals surface area contributed by atoms with Crippen LogP contribution in [-0.2, 0) is 0 Å². The van der Waals surface area contributed by atoms with Gasteiger partial charge >= 0.3 is 6.03 Å². The fourth-order valence-electron chi connectivity index (χ4n) is 2.97. The van der Waals surface area contributed by atoms with E-state index in [1.54, 1.807) is 12.4 Å². The predicted molar refractivity (Wildman–Crippen MR) is 102 cm³/mol. The van der Waals surface area contributed by atoms with Crippen LogP contribution in [0.1, 0.15) is 12.8 Å². The van der Waals surface area contributed by atoms with E-state index in [1.165, 1.54) is 6.42 Å². The van der Waals surface area contributed by atoms with Crippen molar-refractivity contribution in [2.45, 2.75) is 12.8 Å². The van der Waals surface area contributed by atoms with Crippen molar-refractivity contribution in [3.8, 4) is 11.5 Å². The number of thioether (sulfide) groups is 1. The molecular formula is C19H23N3O2S. The highest BCUT2D eigenvalue weighted by atomic mass is 32.2. The van der Waals surface area contributed by atoms with Crippen LogP contribution < -0.4 is 10.1 Å². The average molecular weight is 357 g/mol. The Morgan fingerprint density at radius 2 is 2.16 bits per heavy atom. The first-order valence-electron chi connectivity index (χ1n) is 8.47. The summed E-state index contributed by atoms with van der Waals surface area (Å²) in [5.74, 6) is 3.12. The quantitative estimate of drug-likeness (QED) is 0.857. The molecule has 25 heavy (non-hydrogen) atoms. The van der Waals surface area contributed by atoms with Crippen LogP contribution in [-0.4, -0.2) is 41.0 Å². The van der Waals surface area contributed by atoms with E-state index in [9.17, 15) is 4.79 Å². The maximum atomic E-state index is 12.5. The molecule has 2 amide bonds. The van der Waals surface area contributed by atoms with E-state index in [-0.39, 0.29) is 6.03 Å². The molecule has 1 unspecified atom stereocenters. The molecule has 5 nitrogen and oxygen atoms in total. The second kappa shape index (κ2) is 8.76. The first kappa shape index (κ1) is 17.6. The molecule has 3 rings (SSSR count). The van der Waals surface area contributed by atoms with E-state index >= 15 is 0 Å². The van der Waals surface area contributed by atoms with Gasteiger partial charge in [-0.25, -0.2) is 4.79 Å². The summed E-state index contributed by atoms with van der Waals surface area (Å²) in [6.07, 6.45) is 7.78. The molecule has 1 atom stereocenters. The Hall–Kier alpha value is -2.21. The standard InChI is InChI=1S/C19H23N3O2S/c1-25-14-15-4-3-11-22(13-15)19(23)21-16-6-8-17(9-7-16)24-18-5-2-10-20-12-18/h2,5-10,12,15H,3-4,11,13-14H2,1H3,(H,21,23). The van der Waals surface area contributed by atoms with E-state index in [0.29, 0.717) is 17.4 Å². The lowest BCUT2D eigenvalue weighted by molar-refractivity contribution is 0.183. The van der Waals surface area contributed by atoms with Crippen molar-refractivity contribution in [2.75, 3.05) is 30.4 Å². The number of nitrogens with zero attached hydrogens (tertiary/aromatic N) is 2. The van der Waals surface area contributed by atoms with Gasteiger partial charge in [0.15, 0.2) is 0 Å². The van der Waals surface area contributed by atoms with Crippen LogP contribution in [0.5, 0.6) is 11.5 Å². The van der Waals surface area contributed by atoms with Crippen LogP contribution in [0.3, 0.4) is 0 Å². The molecule has 1 aliphatic heterocycles. The van der Waals surface area contributed by atoms with E-state index in [0.717, 1.165) is 31.0 Å². The van der Waals surface area contributed by atoms with Gasteiger partial charge in [-0.1, -0.05) is 0 Å². The minimum Gasteiger partial charge on any atom is -0.456 e. The predicted octanol–water partition coefficient (Wildman–Crippen LogP) is 4.48. The van der Waals surface area contributed by atoms with Gasteiger partial charge < -0.3 is 15.0 Å². The van der Waals surface area contributed by atoms with E-state index in [4.69, 9.17) is 4.74 Å². The number of carbonyl (C=O) groups is 1.